The van der Waals surface area contributed by atoms with Crippen molar-refractivity contribution in [3.63, 3.8) is 0 Å². The summed E-state index contributed by atoms with van der Waals surface area (Å²) in [5.41, 5.74) is 9.41. The van der Waals surface area contributed by atoms with Crippen LogP contribution in [0.3, 0.4) is 0 Å². The van der Waals surface area contributed by atoms with Gasteiger partial charge in [0.2, 0.25) is 0 Å². The molecule has 0 bridgehead atoms. The summed E-state index contributed by atoms with van der Waals surface area (Å²) in [4.78, 5) is 4.39. The monoisotopic (exact) mass is 288 g/mol. The third-order valence-electron chi connectivity index (χ3n) is 3.76. The fourth-order valence-corrected chi connectivity index (χ4v) is 3.91. The quantitative estimate of drug-likeness (QED) is 0.858. The molecular weight excluding hydrogens is 272 g/mol. The molecule has 4 heteroatoms. The molecule has 0 saturated heterocycles. The summed E-state index contributed by atoms with van der Waals surface area (Å²) in [5, 5.41) is 2.18. The van der Waals surface area contributed by atoms with Gasteiger partial charge in [0.05, 0.1) is 6.04 Å². The predicted molar refractivity (Wildman–Crippen MR) is 86.1 cm³/mol. The molecule has 1 aromatic carbocycles. The second-order valence-electron chi connectivity index (χ2n) is 4.80. The Morgan fingerprint density at radius 2 is 2.16 bits per heavy atom. The molecule has 19 heavy (non-hydrogen) atoms. The Hall–Kier alpha value is -1.39. The minimum Gasteiger partial charge on any atom is -0.389 e. The van der Waals surface area contributed by atoms with Crippen LogP contribution in [0.1, 0.15) is 29.0 Å². The molecule has 98 valence electrons. The maximum Gasteiger partial charge on any atom is 0.106 e. The summed E-state index contributed by atoms with van der Waals surface area (Å²) < 4.78 is 0. The van der Waals surface area contributed by atoms with Crippen molar-refractivity contribution in [2.75, 3.05) is 11.4 Å². The van der Waals surface area contributed by atoms with Crippen LogP contribution in [0.5, 0.6) is 0 Å². The topological polar surface area (TPSA) is 29.3 Å². The Bertz CT molecular complexity index is 618. The van der Waals surface area contributed by atoms with Crippen LogP contribution in [-0.2, 0) is 6.42 Å². The summed E-state index contributed by atoms with van der Waals surface area (Å²) >= 11 is 7.03. The van der Waals surface area contributed by atoms with E-state index in [9.17, 15) is 0 Å². The minimum absolute atomic E-state index is 0.380. The van der Waals surface area contributed by atoms with E-state index in [1.165, 1.54) is 10.4 Å². The Kier molecular flexibility index (Phi) is 3.29. The molecule has 0 radical (unpaired) electrons. The van der Waals surface area contributed by atoms with Gasteiger partial charge >= 0.3 is 0 Å². The molecule has 2 nitrogen and oxygen atoms in total. The zero-order chi connectivity index (χ0) is 13.4. The lowest BCUT2D eigenvalue weighted by Gasteiger charge is -2.36. The van der Waals surface area contributed by atoms with E-state index < -0.39 is 0 Å². The molecule has 0 fully saturated rings. The lowest BCUT2D eigenvalue weighted by Crippen LogP contribution is -2.34. The Balaban J connectivity index is 2.03. The first-order chi connectivity index (χ1) is 9.18. The highest BCUT2D eigenvalue weighted by Gasteiger charge is 2.26. The van der Waals surface area contributed by atoms with Crippen LogP contribution in [0.25, 0.3) is 0 Å². The van der Waals surface area contributed by atoms with Gasteiger partial charge in [-0.05, 0) is 42.5 Å². The number of nitrogens with zero attached hydrogens (tertiary/aromatic N) is 1. The largest absolute Gasteiger partial charge is 0.389 e. The van der Waals surface area contributed by atoms with E-state index in [4.69, 9.17) is 18.0 Å². The van der Waals surface area contributed by atoms with Crippen LogP contribution in [0, 0.1) is 0 Å². The van der Waals surface area contributed by atoms with E-state index in [1.807, 2.05) is 29.5 Å². The maximum absolute atomic E-state index is 5.85. The molecule has 0 saturated carbocycles. The summed E-state index contributed by atoms with van der Waals surface area (Å²) in [6, 6.07) is 10.8. The zero-order valence-electron chi connectivity index (χ0n) is 10.8. The number of benzene rings is 1. The molecule has 2 heterocycles. The highest BCUT2D eigenvalue weighted by atomic mass is 32.1. The fraction of sp³-hybridized carbons (Fsp3) is 0.267. The van der Waals surface area contributed by atoms with Crippen molar-refractivity contribution in [2.24, 2.45) is 5.73 Å². The summed E-state index contributed by atoms with van der Waals surface area (Å²) in [7, 11) is 0. The van der Waals surface area contributed by atoms with E-state index >= 15 is 0 Å². The summed E-state index contributed by atoms with van der Waals surface area (Å²) in [6.07, 6.45) is 1.10. The minimum atomic E-state index is 0.380. The number of para-hydroxylation sites is 1. The first-order valence-electron chi connectivity index (χ1n) is 6.40. The number of anilines is 1. The summed E-state index contributed by atoms with van der Waals surface area (Å²) in [6.45, 7) is 3.27. The van der Waals surface area contributed by atoms with Gasteiger partial charge in [0.25, 0.3) is 0 Å². The van der Waals surface area contributed by atoms with Gasteiger partial charge < -0.3 is 10.6 Å². The number of nitrogens with two attached hydrogens (primary N) is 1. The van der Waals surface area contributed by atoms with E-state index in [1.54, 1.807) is 0 Å². The number of rotatable bonds is 2. The second kappa shape index (κ2) is 4.94. The number of thiocarbonyl (C=S) groups is 1. The number of fused-ring (bicyclic) bond motifs is 1. The average molecular weight is 288 g/mol. The van der Waals surface area contributed by atoms with E-state index in [0.717, 1.165) is 24.2 Å². The van der Waals surface area contributed by atoms with Crippen molar-refractivity contribution in [2.45, 2.75) is 19.4 Å². The van der Waals surface area contributed by atoms with Crippen molar-refractivity contribution in [3.05, 3.63) is 51.7 Å². The normalized spacial score (nSPS) is 18.2. The van der Waals surface area contributed by atoms with Crippen molar-refractivity contribution in [1.82, 2.24) is 0 Å². The molecule has 0 amide bonds. The fourth-order valence-electron chi connectivity index (χ4n) is 2.77. The molecule has 1 unspecified atom stereocenters. The third kappa shape index (κ3) is 2.15. The van der Waals surface area contributed by atoms with Gasteiger partial charge in [-0.25, -0.2) is 0 Å². The van der Waals surface area contributed by atoms with Gasteiger partial charge in [0.1, 0.15) is 4.99 Å². The number of hydrogen-bond donors (Lipinski definition) is 1. The van der Waals surface area contributed by atoms with Gasteiger partial charge in [-0.2, -0.15) is 0 Å². The number of thiophene rings is 1. The van der Waals surface area contributed by atoms with Crippen LogP contribution < -0.4 is 10.6 Å². The van der Waals surface area contributed by atoms with Crippen LogP contribution in [-0.4, -0.2) is 11.5 Å². The van der Waals surface area contributed by atoms with Gasteiger partial charge in [-0.15, -0.1) is 11.3 Å². The Morgan fingerprint density at radius 3 is 2.95 bits per heavy atom. The molecular formula is C15H16N2S2. The Labute approximate surface area is 122 Å². The van der Waals surface area contributed by atoms with Crippen molar-refractivity contribution >= 4 is 34.2 Å². The van der Waals surface area contributed by atoms with Gasteiger partial charge in [0, 0.05) is 22.7 Å². The maximum atomic E-state index is 5.85. The molecule has 0 aliphatic carbocycles. The number of hydrogen-bond acceptors (Lipinski definition) is 3. The summed E-state index contributed by atoms with van der Waals surface area (Å²) in [5.74, 6) is 0. The molecule has 2 N–H and O–H groups in total. The lowest BCUT2D eigenvalue weighted by molar-refractivity contribution is 0.632. The van der Waals surface area contributed by atoms with Crippen LogP contribution in [0.4, 0.5) is 5.69 Å². The lowest BCUT2D eigenvalue weighted by atomic mass is 9.99. The highest BCUT2D eigenvalue weighted by Crippen LogP contribution is 2.37. The Morgan fingerprint density at radius 1 is 1.37 bits per heavy atom. The standard InChI is InChI=1S/C15H16N2S2/c1-10-11-7-9-19-14(11)6-8-17(10)13-5-3-2-4-12(13)15(16)18/h2-5,7,9-10H,6,8H2,1H3,(H2,16,18). The van der Waals surface area contributed by atoms with Crippen molar-refractivity contribution < 1.29 is 0 Å². The average Bonchev–Trinajstić information content (AvgIpc) is 2.88. The second-order valence-corrected chi connectivity index (χ2v) is 6.24. The van der Waals surface area contributed by atoms with Crippen LogP contribution in [0.2, 0.25) is 0 Å². The zero-order valence-corrected chi connectivity index (χ0v) is 12.4. The van der Waals surface area contributed by atoms with Gasteiger partial charge in [0.15, 0.2) is 0 Å². The third-order valence-corrected chi connectivity index (χ3v) is 4.97. The van der Waals surface area contributed by atoms with Crippen LogP contribution in [0.15, 0.2) is 35.7 Å². The molecule has 1 aliphatic heterocycles. The van der Waals surface area contributed by atoms with Crippen molar-refractivity contribution in [1.29, 1.82) is 0 Å². The molecule has 2 aromatic rings. The first-order valence-corrected chi connectivity index (χ1v) is 7.69. The molecule has 0 spiro atoms. The molecule has 1 aliphatic rings. The van der Waals surface area contributed by atoms with Crippen molar-refractivity contribution in [3.8, 4) is 0 Å². The van der Waals surface area contributed by atoms with Crippen LogP contribution >= 0.6 is 23.6 Å². The SMILES string of the molecule is CC1c2ccsc2CCN1c1ccccc1C(N)=S. The first kappa shape index (κ1) is 12.6. The smallest absolute Gasteiger partial charge is 0.106 e. The highest BCUT2D eigenvalue weighted by molar-refractivity contribution is 7.80. The van der Waals surface area contributed by atoms with E-state index in [2.05, 4.69) is 29.3 Å². The van der Waals surface area contributed by atoms with Gasteiger partial charge in [-0.3, -0.25) is 0 Å². The molecule has 1 aromatic heterocycles. The van der Waals surface area contributed by atoms with Gasteiger partial charge in [-0.1, -0.05) is 24.4 Å². The molecule has 3 rings (SSSR count). The van der Waals surface area contributed by atoms with E-state index in [-0.39, 0.29) is 0 Å². The predicted octanol–water partition coefficient (Wildman–Crippen LogP) is 3.51. The molecule has 1 atom stereocenters. The van der Waals surface area contributed by atoms with E-state index in [0.29, 0.717) is 11.0 Å².